The number of benzene rings is 2. The lowest BCUT2D eigenvalue weighted by atomic mass is 10.1. The molecule has 0 aliphatic carbocycles. The third-order valence-electron chi connectivity index (χ3n) is 3.91. The van der Waals surface area contributed by atoms with Gasteiger partial charge in [0.25, 0.3) is 5.91 Å². The van der Waals surface area contributed by atoms with Crippen molar-refractivity contribution in [1.82, 2.24) is 0 Å². The van der Waals surface area contributed by atoms with Crippen LogP contribution in [-0.4, -0.2) is 26.0 Å². The van der Waals surface area contributed by atoms with E-state index in [1.165, 1.54) is 43.3 Å². The molecule has 1 heterocycles. The lowest BCUT2D eigenvalue weighted by Crippen LogP contribution is -2.30. The van der Waals surface area contributed by atoms with Crippen molar-refractivity contribution >= 4 is 44.8 Å². The molecular formula is C17H14ClFN2O4S. The highest BCUT2D eigenvalue weighted by Crippen LogP contribution is 2.31. The Hall–Kier alpha value is -2.45. The quantitative estimate of drug-likeness (QED) is 0.864. The number of halogens is 2. The predicted octanol–water partition coefficient (Wildman–Crippen LogP) is 3.04. The molecule has 0 bridgehead atoms. The molecule has 6 nitrogen and oxygen atoms in total. The van der Waals surface area contributed by atoms with E-state index in [1.54, 1.807) is 6.07 Å². The first-order valence-electron chi connectivity index (χ1n) is 7.63. The molecule has 136 valence electrons. The summed E-state index contributed by atoms with van der Waals surface area (Å²) in [6, 6.07) is 9.48. The molecule has 2 aromatic rings. The Kier molecular flexibility index (Phi) is 4.72. The molecule has 3 rings (SSSR count). The molecule has 1 aliphatic heterocycles. The first kappa shape index (κ1) is 18.3. The van der Waals surface area contributed by atoms with E-state index in [0.29, 0.717) is 4.31 Å². The van der Waals surface area contributed by atoms with E-state index in [9.17, 15) is 22.4 Å². The Bertz CT molecular complexity index is 1010. The maximum Gasteiger partial charge on any atom is 0.257 e. The summed E-state index contributed by atoms with van der Waals surface area (Å²) in [6.45, 7) is 1.53. The van der Waals surface area contributed by atoms with E-state index >= 15 is 0 Å². The van der Waals surface area contributed by atoms with E-state index in [0.717, 1.165) is 0 Å². The van der Waals surface area contributed by atoms with Crippen molar-refractivity contribution in [1.29, 1.82) is 0 Å². The maximum absolute atomic E-state index is 13.6. The number of anilines is 2. The summed E-state index contributed by atoms with van der Waals surface area (Å²) in [6.07, 6.45) is 0. The van der Waals surface area contributed by atoms with Gasteiger partial charge in [-0.3, -0.25) is 9.59 Å². The second-order valence-electron chi connectivity index (χ2n) is 5.88. The highest BCUT2D eigenvalue weighted by molar-refractivity contribution is 7.94. The van der Waals surface area contributed by atoms with Gasteiger partial charge in [0.2, 0.25) is 15.9 Å². The van der Waals surface area contributed by atoms with Gasteiger partial charge >= 0.3 is 0 Å². The Balaban J connectivity index is 1.90. The lowest BCUT2D eigenvalue weighted by molar-refractivity contribution is -0.119. The van der Waals surface area contributed by atoms with Crippen LogP contribution in [0.3, 0.4) is 0 Å². The van der Waals surface area contributed by atoms with Gasteiger partial charge in [-0.05, 0) is 30.3 Å². The van der Waals surface area contributed by atoms with Gasteiger partial charge in [0, 0.05) is 0 Å². The minimum atomic E-state index is -3.77. The summed E-state index contributed by atoms with van der Waals surface area (Å²) >= 11 is 6.10. The third kappa shape index (κ3) is 3.30. The smallest absolute Gasteiger partial charge is 0.257 e. The molecular weight excluding hydrogens is 383 g/mol. The number of carbonyl (C=O) groups excluding carboxylic acids is 2. The summed E-state index contributed by atoms with van der Waals surface area (Å²) in [7, 11) is -3.77. The normalized spacial score (nSPS) is 18.8. The molecule has 1 saturated heterocycles. The predicted molar refractivity (Wildman–Crippen MR) is 96.2 cm³/mol. The Morgan fingerprint density at radius 3 is 2.54 bits per heavy atom. The zero-order valence-corrected chi connectivity index (χ0v) is 15.1. The van der Waals surface area contributed by atoms with Crippen LogP contribution in [0.5, 0.6) is 0 Å². The van der Waals surface area contributed by atoms with Crippen LogP contribution < -0.4 is 9.62 Å². The van der Waals surface area contributed by atoms with Crippen LogP contribution in [0.1, 0.15) is 17.3 Å². The van der Waals surface area contributed by atoms with Crippen LogP contribution in [0, 0.1) is 11.7 Å². The van der Waals surface area contributed by atoms with Gasteiger partial charge in [-0.25, -0.2) is 17.1 Å². The number of para-hydroxylation sites is 1. The van der Waals surface area contributed by atoms with Gasteiger partial charge < -0.3 is 5.32 Å². The first-order valence-corrected chi connectivity index (χ1v) is 9.61. The van der Waals surface area contributed by atoms with Gasteiger partial charge in [-0.1, -0.05) is 30.7 Å². The highest BCUT2D eigenvalue weighted by Gasteiger charge is 2.42. The number of hydrogen-bond donors (Lipinski definition) is 1. The highest BCUT2D eigenvalue weighted by atomic mass is 35.5. The standard InChI is InChI=1S/C17H14ClFN2O4S/c1-10-9-26(24,25)21(17(10)23)11-6-7-12(13(18)8-11)16(22)20-15-5-3-2-4-14(15)19/h2-8,10H,9H2,1H3,(H,20,22). The van der Waals surface area contributed by atoms with Crippen LogP contribution in [0.4, 0.5) is 15.8 Å². The van der Waals surface area contributed by atoms with Crippen LogP contribution in [0.2, 0.25) is 5.02 Å². The Morgan fingerprint density at radius 2 is 1.96 bits per heavy atom. The third-order valence-corrected chi connectivity index (χ3v) is 6.10. The largest absolute Gasteiger partial charge is 0.319 e. The molecule has 26 heavy (non-hydrogen) atoms. The average Bonchev–Trinajstić information content (AvgIpc) is 2.76. The molecule has 2 amide bonds. The van der Waals surface area contributed by atoms with Crippen molar-refractivity contribution in [2.45, 2.75) is 6.92 Å². The van der Waals surface area contributed by atoms with Crippen molar-refractivity contribution in [2.24, 2.45) is 5.92 Å². The lowest BCUT2D eigenvalue weighted by Gasteiger charge is -2.16. The minimum Gasteiger partial charge on any atom is -0.319 e. The van der Waals surface area contributed by atoms with Gasteiger partial charge in [0.15, 0.2) is 0 Å². The number of hydrogen-bond acceptors (Lipinski definition) is 4. The molecule has 1 fully saturated rings. The van der Waals surface area contributed by atoms with Crippen molar-refractivity contribution in [3.8, 4) is 0 Å². The number of sulfonamides is 1. The van der Waals surface area contributed by atoms with Crippen molar-refractivity contribution in [3.63, 3.8) is 0 Å². The molecule has 0 saturated carbocycles. The fourth-order valence-electron chi connectivity index (χ4n) is 2.65. The van der Waals surface area contributed by atoms with E-state index in [4.69, 9.17) is 11.6 Å². The summed E-state index contributed by atoms with van der Waals surface area (Å²) in [5, 5.41) is 2.33. The van der Waals surface area contributed by atoms with Crippen LogP contribution in [0.25, 0.3) is 0 Å². The summed E-state index contributed by atoms with van der Waals surface area (Å²) < 4.78 is 38.6. The van der Waals surface area contributed by atoms with Gasteiger partial charge in [-0.15, -0.1) is 0 Å². The van der Waals surface area contributed by atoms with Gasteiger partial charge in [0.1, 0.15) is 5.82 Å². The first-order chi connectivity index (χ1) is 12.2. The van der Waals surface area contributed by atoms with Gasteiger partial charge in [-0.2, -0.15) is 0 Å². The van der Waals surface area contributed by atoms with Crippen LogP contribution >= 0.6 is 11.6 Å². The SMILES string of the molecule is CC1CS(=O)(=O)N(c2ccc(C(=O)Nc3ccccc3F)c(Cl)c2)C1=O. The van der Waals surface area contributed by atoms with E-state index in [2.05, 4.69) is 5.32 Å². The zero-order valence-electron chi connectivity index (χ0n) is 13.6. The monoisotopic (exact) mass is 396 g/mol. The van der Waals surface area contributed by atoms with Crippen LogP contribution in [-0.2, 0) is 14.8 Å². The van der Waals surface area contributed by atoms with Gasteiger partial charge in [0.05, 0.1) is 33.6 Å². The fraction of sp³-hybridized carbons (Fsp3) is 0.176. The summed E-state index contributed by atoms with van der Waals surface area (Å²) in [5.74, 6) is -2.74. The van der Waals surface area contributed by atoms with Crippen molar-refractivity contribution in [3.05, 3.63) is 58.9 Å². The van der Waals surface area contributed by atoms with Crippen molar-refractivity contribution < 1.29 is 22.4 Å². The minimum absolute atomic E-state index is 0.0104. The molecule has 1 N–H and O–H groups in total. The molecule has 9 heteroatoms. The molecule has 2 aromatic carbocycles. The molecule has 1 unspecified atom stereocenters. The number of carbonyl (C=O) groups is 2. The average molecular weight is 397 g/mol. The molecule has 0 radical (unpaired) electrons. The number of nitrogens with one attached hydrogen (secondary N) is 1. The van der Waals surface area contributed by atoms with E-state index in [1.807, 2.05) is 0 Å². The number of nitrogens with zero attached hydrogens (tertiary/aromatic N) is 1. The summed E-state index contributed by atoms with van der Waals surface area (Å²) in [5.41, 5.74) is 0.0753. The Labute approximate surface area is 154 Å². The van der Waals surface area contributed by atoms with E-state index < -0.39 is 33.6 Å². The van der Waals surface area contributed by atoms with E-state index in [-0.39, 0.29) is 27.7 Å². The molecule has 1 aliphatic rings. The zero-order chi connectivity index (χ0) is 19.1. The second kappa shape index (κ2) is 6.69. The fourth-order valence-corrected chi connectivity index (χ4v) is 4.73. The summed E-state index contributed by atoms with van der Waals surface area (Å²) in [4.78, 5) is 24.4. The van der Waals surface area contributed by atoms with Crippen LogP contribution in [0.15, 0.2) is 42.5 Å². The molecule has 0 aromatic heterocycles. The second-order valence-corrected chi connectivity index (χ2v) is 8.15. The molecule has 0 spiro atoms. The number of rotatable bonds is 3. The Morgan fingerprint density at radius 1 is 1.27 bits per heavy atom. The number of amides is 2. The van der Waals surface area contributed by atoms with Crippen molar-refractivity contribution in [2.75, 3.05) is 15.4 Å². The molecule has 1 atom stereocenters. The topological polar surface area (TPSA) is 83.6 Å². The maximum atomic E-state index is 13.6.